The molecule has 17 heavy (non-hydrogen) atoms. The summed E-state index contributed by atoms with van der Waals surface area (Å²) < 4.78 is 7.46. The molecular formula is C12H16ClN3O. The van der Waals surface area contributed by atoms with Gasteiger partial charge >= 0.3 is 0 Å². The summed E-state index contributed by atoms with van der Waals surface area (Å²) in [5.41, 5.74) is 1.14. The SMILES string of the molecule is CCNCc1cc(Cn2cc(Cl)cn2)c(C)o1. The molecule has 0 aliphatic rings. The highest BCUT2D eigenvalue weighted by Crippen LogP contribution is 2.16. The van der Waals surface area contributed by atoms with Gasteiger partial charge in [-0.2, -0.15) is 5.10 Å². The number of rotatable bonds is 5. The van der Waals surface area contributed by atoms with Crippen molar-refractivity contribution < 1.29 is 4.42 Å². The van der Waals surface area contributed by atoms with E-state index in [-0.39, 0.29) is 0 Å². The van der Waals surface area contributed by atoms with Gasteiger partial charge in [0.05, 0.1) is 24.3 Å². The highest BCUT2D eigenvalue weighted by molar-refractivity contribution is 6.30. The molecule has 2 heterocycles. The third-order valence-corrected chi connectivity index (χ3v) is 2.75. The summed E-state index contributed by atoms with van der Waals surface area (Å²) in [6, 6.07) is 2.06. The minimum absolute atomic E-state index is 0.652. The number of hydrogen-bond acceptors (Lipinski definition) is 3. The highest BCUT2D eigenvalue weighted by Gasteiger charge is 2.08. The molecule has 0 fully saturated rings. The van der Waals surface area contributed by atoms with E-state index < -0.39 is 0 Å². The first-order chi connectivity index (χ1) is 8.19. The van der Waals surface area contributed by atoms with Crippen LogP contribution in [0.2, 0.25) is 5.02 Å². The Hall–Kier alpha value is -1.26. The van der Waals surface area contributed by atoms with Crippen LogP contribution in [0.15, 0.2) is 22.9 Å². The van der Waals surface area contributed by atoms with Crippen LogP contribution in [0.1, 0.15) is 24.0 Å². The third kappa shape index (κ3) is 3.11. The molecular weight excluding hydrogens is 238 g/mol. The molecule has 0 amide bonds. The fourth-order valence-electron chi connectivity index (χ4n) is 1.68. The quantitative estimate of drug-likeness (QED) is 0.891. The van der Waals surface area contributed by atoms with E-state index in [0.29, 0.717) is 11.6 Å². The second kappa shape index (κ2) is 5.38. The fraction of sp³-hybridized carbons (Fsp3) is 0.417. The molecule has 0 bridgehead atoms. The van der Waals surface area contributed by atoms with Crippen molar-refractivity contribution in [1.82, 2.24) is 15.1 Å². The van der Waals surface area contributed by atoms with Crippen molar-refractivity contribution in [2.75, 3.05) is 6.54 Å². The minimum Gasteiger partial charge on any atom is -0.465 e. The maximum atomic E-state index is 5.82. The van der Waals surface area contributed by atoms with Crippen molar-refractivity contribution in [3.05, 3.63) is 40.6 Å². The smallest absolute Gasteiger partial charge is 0.118 e. The van der Waals surface area contributed by atoms with Gasteiger partial charge in [0.25, 0.3) is 0 Å². The minimum atomic E-state index is 0.652. The van der Waals surface area contributed by atoms with Crippen molar-refractivity contribution in [2.24, 2.45) is 0 Å². The molecule has 0 aromatic carbocycles. The number of nitrogens with one attached hydrogen (secondary N) is 1. The Morgan fingerprint density at radius 3 is 3.00 bits per heavy atom. The molecule has 0 spiro atoms. The molecule has 2 aromatic rings. The van der Waals surface area contributed by atoms with Gasteiger partial charge in [-0.05, 0) is 19.5 Å². The lowest BCUT2D eigenvalue weighted by Crippen LogP contribution is -2.10. The van der Waals surface area contributed by atoms with Gasteiger partial charge in [0.15, 0.2) is 0 Å². The number of nitrogens with zero attached hydrogens (tertiary/aromatic N) is 2. The first-order valence-electron chi connectivity index (χ1n) is 5.66. The van der Waals surface area contributed by atoms with Crippen LogP contribution in [0.4, 0.5) is 0 Å². The Morgan fingerprint density at radius 2 is 2.35 bits per heavy atom. The molecule has 5 heteroatoms. The summed E-state index contributed by atoms with van der Waals surface area (Å²) in [7, 11) is 0. The average molecular weight is 254 g/mol. The van der Waals surface area contributed by atoms with Gasteiger partial charge in [-0.3, -0.25) is 4.68 Å². The Kier molecular flexibility index (Phi) is 3.86. The molecule has 2 aromatic heterocycles. The number of furan rings is 1. The van der Waals surface area contributed by atoms with Gasteiger partial charge in [0.2, 0.25) is 0 Å². The van der Waals surface area contributed by atoms with Crippen molar-refractivity contribution in [2.45, 2.75) is 26.9 Å². The van der Waals surface area contributed by atoms with Crippen LogP contribution < -0.4 is 5.32 Å². The Morgan fingerprint density at radius 1 is 1.53 bits per heavy atom. The largest absolute Gasteiger partial charge is 0.465 e. The standard InChI is InChI=1S/C12H16ClN3O/c1-3-14-6-12-4-10(9(2)17-12)7-16-8-11(13)5-15-16/h4-5,8,14H,3,6-7H2,1-2H3. The summed E-state index contributed by atoms with van der Waals surface area (Å²) in [5, 5.41) is 8.04. The zero-order chi connectivity index (χ0) is 12.3. The van der Waals surface area contributed by atoms with E-state index in [4.69, 9.17) is 16.0 Å². The van der Waals surface area contributed by atoms with Gasteiger partial charge in [-0.15, -0.1) is 0 Å². The topological polar surface area (TPSA) is 43.0 Å². The molecule has 2 rings (SSSR count). The lowest BCUT2D eigenvalue weighted by molar-refractivity contribution is 0.462. The Bertz CT molecular complexity index is 490. The molecule has 1 N–H and O–H groups in total. The van der Waals surface area contributed by atoms with E-state index in [0.717, 1.165) is 30.2 Å². The maximum Gasteiger partial charge on any atom is 0.118 e. The van der Waals surface area contributed by atoms with Crippen LogP contribution >= 0.6 is 11.6 Å². The average Bonchev–Trinajstić information content (AvgIpc) is 2.84. The van der Waals surface area contributed by atoms with E-state index in [1.807, 2.05) is 6.92 Å². The number of hydrogen-bond donors (Lipinski definition) is 1. The summed E-state index contributed by atoms with van der Waals surface area (Å²) in [5.74, 6) is 1.89. The van der Waals surface area contributed by atoms with Crippen molar-refractivity contribution in [1.29, 1.82) is 0 Å². The second-order valence-corrected chi connectivity index (χ2v) is 4.37. The molecule has 0 atom stereocenters. The number of aryl methyl sites for hydroxylation is 1. The molecule has 0 radical (unpaired) electrons. The van der Waals surface area contributed by atoms with Gasteiger partial charge in [-0.1, -0.05) is 18.5 Å². The molecule has 92 valence electrons. The first-order valence-corrected chi connectivity index (χ1v) is 6.03. The monoisotopic (exact) mass is 253 g/mol. The summed E-state index contributed by atoms with van der Waals surface area (Å²) in [4.78, 5) is 0. The molecule has 0 saturated heterocycles. The second-order valence-electron chi connectivity index (χ2n) is 3.93. The molecule has 0 aliphatic carbocycles. The predicted molar refractivity (Wildman–Crippen MR) is 67.2 cm³/mol. The van der Waals surface area contributed by atoms with Gasteiger partial charge in [-0.25, -0.2) is 0 Å². The fourth-order valence-corrected chi connectivity index (χ4v) is 1.84. The molecule has 0 saturated carbocycles. The van der Waals surface area contributed by atoms with Crippen LogP contribution in [-0.4, -0.2) is 16.3 Å². The van der Waals surface area contributed by atoms with E-state index in [9.17, 15) is 0 Å². The van der Waals surface area contributed by atoms with Crippen LogP contribution in [0.5, 0.6) is 0 Å². The van der Waals surface area contributed by atoms with Crippen LogP contribution in [0.25, 0.3) is 0 Å². The van der Waals surface area contributed by atoms with Crippen molar-refractivity contribution in [3.63, 3.8) is 0 Å². The third-order valence-electron chi connectivity index (χ3n) is 2.55. The summed E-state index contributed by atoms with van der Waals surface area (Å²) in [6.45, 7) is 6.42. The maximum absolute atomic E-state index is 5.82. The molecule has 0 unspecified atom stereocenters. The lowest BCUT2D eigenvalue weighted by atomic mass is 10.2. The van der Waals surface area contributed by atoms with Crippen molar-refractivity contribution >= 4 is 11.6 Å². The van der Waals surface area contributed by atoms with E-state index in [1.54, 1.807) is 17.1 Å². The normalized spacial score (nSPS) is 11.0. The van der Waals surface area contributed by atoms with Crippen LogP contribution in [-0.2, 0) is 13.1 Å². The Balaban J connectivity index is 2.07. The predicted octanol–water partition coefficient (Wildman–Crippen LogP) is 2.60. The number of halogens is 1. The van der Waals surface area contributed by atoms with Crippen LogP contribution in [0, 0.1) is 6.92 Å². The van der Waals surface area contributed by atoms with E-state index in [1.165, 1.54) is 0 Å². The van der Waals surface area contributed by atoms with E-state index in [2.05, 4.69) is 23.4 Å². The summed E-state index contributed by atoms with van der Waals surface area (Å²) in [6.07, 6.45) is 3.44. The van der Waals surface area contributed by atoms with Crippen LogP contribution in [0.3, 0.4) is 0 Å². The lowest BCUT2D eigenvalue weighted by Gasteiger charge is -1.98. The van der Waals surface area contributed by atoms with Crippen molar-refractivity contribution in [3.8, 4) is 0 Å². The zero-order valence-corrected chi connectivity index (χ0v) is 10.8. The highest BCUT2D eigenvalue weighted by atomic mass is 35.5. The Labute approximate surface area is 106 Å². The number of aromatic nitrogens is 2. The van der Waals surface area contributed by atoms with E-state index >= 15 is 0 Å². The van der Waals surface area contributed by atoms with Gasteiger partial charge in [0, 0.05) is 11.8 Å². The summed E-state index contributed by atoms with van der Waals surface area (Å²) >= 11 is 5.82. The van der Waals surface area contributed by atoms with Gasteiger partial charge in [0.1, 0.15) is 11.5 Å². The zero-order valence-electron chi connectivity index (χ0n) is 10.0. The molecule has 0 aliphatic heterocycles. The molecule has 4 nitrogen and oxygen atoms in total. The van der Waals surface area contributed by atoms with Gasteiger partial charge < -0.3 is 9.73 Å². The first kappa shape index (κ1) is 12.2.